The predicted molar refractivity (Wildman–Crippen MR) is 77.4 cm³/mol. The largest absolute Gasteiger partial charge is 0.419 e. The van der Waals surface area contributed by atoms with Crippen LogP contribution in [0.4, 0.5) is 19.1 Å². The van der Waals surface area contributed by atoms with Gasteiger partial charge in [0.1, 0.15) is 0 Å². The van der Waals surface area contributed by atoms with E-state index >= 15 is 0 Å². The Labute approximate surface area is 132 Å². The number of anilines is 1. The Kier molecular flexibility index (Phi) is 5.45. The molecule has 1 aliphatic heterocycles. The number of nitrogens with zero attached hydrogens (tertiary/aromatic N) is 3. The van der Waals surface area contributed by atoms with E-state index in [4.69, 9.17) is 4.18 Å². The molecule has 10 heteroatoms. The molecule has 1 aromatic heterocycles. The Balaban J connectivity index is 1.87. The Morgan fingerprint density at radius 3 is 2.30 bits per heavy atom. The Bertz CT molecular complexity index is 612. The van der Waals surface area contributed by atoms with Crippen LogP contribution in [0.2, 0.25) is 0 Å². The van der Waals surface area contributed by atoms with Gasteiger partial charge in [-0.15, -0.1) is 0 Å². The molecule has 23 heavy (non-hydrogen) atoms. The van der Waals surface area contributed by atoms with E-state index in [1.165, 1.54) is 6.92 Å². The molecule has 0 saturated carbocycles. The van der Waals surface area contributed by atoms with Gasteiger partial charge in [0, 0.05) is 25.5 Å². The van der Waals surface area contributed by atoms with Crippen molar-refractivity contribution >= 4 is 16.1 Å². The fourth-order valence-electron chi connectivity index (χ4n) is 2.21. The molecular formula is C13H18F3N3O3S. The van der Waals surface area contributed by atoms with Crippen LogP contribution in [-0.4, -0.2) is 43.8 Å². The zero-order valence-corrected chi connectivity index (χ0v) is 13.4. The molecular weight excluding hydrogens is 335 g/mol. The normalized spacial score (nSPS) is 17.5. The van der Waals surface area contributed by atoms with Crippen molar-refractivity contribution in [2.45, 2.75) is 25.9 Å². The van der Waals surface area contributed by atoms with Crippen LogP contribution in [-0.2, 0) is 20.5 Å². The van der Waals surface area contributed by atoms with Crippen molar-refractivity contribution in [1.82, 2.24) is 9.97 Å². The number of halogens is 3. The van der Waals surface area contributed by atoms with E-state index in [0.29, 0.717) is 25.9 Å². The van der Waals surface area contributed by atoms with Gasteiger partial charge in [0.15, 0.2) is 0 Å². The molecule has 1 fully saturated rings. The highest BCUT2D eigenvalue weighted by Crippen LogP contribution is 2.29. The van der Waals surface area contributed by atoms with Crippen LogP contribution in [0, 0.1) is 5.92 Å². The molecule has 0 aromatic carbocycles. The molecule has 0 aliphatic carbocycles. The summed E-state index contributed by atoms with van der Waals surface area (Å²) in [4.78, 5) is 9.30. The summed E-state index contributed by atoms with van der Waals surface area (Å²) in [7, 11) is -3.45. The van der Waals surface area contributed by atoms with Crippen molar-refractivity contribution < 1.29 is 25.8 Å². The van der Waals surface area contributed by atoms with E-state index < -0.39 is 21.9 Å². The van der Waals surface area contributed by atoms with Gasteiger partial charge in [0.05, 0.1) is 17.9 Å². The maximum Gasteiger partial charge on any atom is 0.419 e. The first-order valence-electron chi connectivity index (χ1n) is 7.22. The number of hydrogen-bond acceptors (Lipinski definition) is 6. The molecule has 0 amide bonds. The number of piperidine rings is 1. The molecule has 0 radical (unpaired) electrons. The molecule has 1 aromatic rings. The fraction of sp³-hybridized carbons (Fsp3) is 0.692. The van der Waals surface area contributed by atoms with E-state index in [9.17, 15) is 21.6 Å². The summed E-state index contributed by atoms with van der Waals surface area (Å²) in [6, 6.07) is 0. The molecule has 0 unspecified atom stereocenters. The molecule has 1 aliphatic rings. The van der Waals surface area contributed by atoms with Gasteiger partial charge in [-0.3, -0.25) is 4.18 Å². The maximum absolute atomic E-state index is 12.5. The highest BCUT2D eigenvalue weighted by atomic mass is 32.2. The van der Waals surface area contributed by atoms with E-state index in [1.807, 2.05) is 0 Å². The van der Waals surface area contributed by atoms with Crippen molar-refractivity contribution in [1.29, 1.82) is 0 Å². The van der Waals surface area contributed by atoms with Crippen LogP contribution in [0.5, 0.6) is 0 Å². The molecule has 2 heterocycles. The summed E-state index contributed by atoms with van der Waals surface area (Å²) < 4.78 is 64.9. The van der Waals surface area contributed by atoms with E-state index in [2.05, 4.69) is 9.97 Å². The van der Waals surface area contributed by atoms with Crippen molar-refractivity contribution in [3.8, 4) is 0 Å². The number of rotatable bonds is 5. The molecule has 0 N–H and O–H groups in total. The van der Waals surface area contributed by atoms with Gasteiger partial charge >= 0.3 is 6.18 Å². The van der Waals surface area contributed by atoms with Crippen molar-refractivity contribution in [2.24, 2.45) is 5.92 Å². The molecule has 1 saturated heterocycles. The van der Waals surface area contributed by atoms with Gasteiger partial charge in [0.2, 0.25) is 5.95 Å². The Morgan fingerprint density at radius 1 is 1.26 bits per heavy atom. The molecule has 130 valence electrons. The van der Waals surface area contributed by atoms with Crippen LogP contribution in [0.3, 0.4) is 0 Å². The smallest absolute Gasteiger partial charge is 0.341 e. The molecule has 6 nitrogen and oxygen atoms in total. The van der Waals surface area contributed by atoms with Gasteiger partial charge < -0.3 is 4.90 Å². The van der Waals surface area contributed by atoms with Gasteiger partial charge in [-0.1, -0.05) is 0 Å². The second-order valence-electron chi connectivity index (χ2n) is 5.33. The zero-order chi connectivity index (χ0) is 17.1. The number of hydrogen-bond donors (Lipinski definition) is 0. The summed E-state index contributed by atoms with van der Waals surface area (Å²) in [5.41, 5.74) is -0.880. The number of alkyl halides is 3. The van der Waals surface area contributed by atoms with Crippen molar-refractivity contribution in [3.63, 3.8) is 0 Å². The molecule has 0 atom stereocenters. The third-order valence-corrected chi connectivity index (χ3v) is 4.90. The second-order valence-corrected chi connectivity index (χ2v) is 7.26. The summed E-state index contributed by atoms with van der Waals surface area (Å²) in [5, 5.41) is 0. The Morgan fingerprint density at radius 2 is 1.83 bits per heavy atom. The first kappa shape index (κ1) is 17.9. The lowest BCUT2D eigenvalue weighted by Gasteiger charge is -2.31. The van der Waals surface area contributed by atoms with Gasteiger partial charge in [-0.25, -0.2) is 9.97 Å². The lowest BCUT2D eigenvalue weighted by atomic mass is 9.98. The lowest BCUT2D eigenvalue weighted by Crippen LogP contribution is -2.36. The minimum Gasteiger partial charge on any atom is -0.341 e. The van der Waals surface area contributed by atoms with Gasteiger partial charge in [-0.05, 0) is 25.7 Å². The standard InChI is InChI=1S/C13H18F3N3O3S/c1-2-23(20,21)22-9-10-3-5-19(6-4-10)12-17-7-11(8-18-12)13(14,15)16/h7-8,10H,2-6,9H2,1H3. The minimum atomic E-state index is -4.45. The molecule has 0 spiro atoms. The third kappa shape index (κ3) is 5.03. The topological polar surface area (TPSA) is 72.4 Å². The quantitative estimate of drug-likeness (QED) is 0.755. The monoisotopic (exact) mass is 353 g/mol. The summed E-state index contributed by atoms with van der Waals surface area (Å²) >= 11 is 0. The average Bonchev–Trinajstić information content (AvgIpc) is 2.53. The van der Waals surface area contributed by atoms with Crippen LogP contribution < -0.4 is 4.90 Å². The third-order valence-electron chi connectivity index (χ3n) is 3.70. The first-order chi connectivity index (χ1) is 10.7. The highest BCUT2D eigenvalue weighted by molar-refractivity contribution is 7.86. The van der Waals surface area contributed by atoms with Gasteiger partial charge in [-0.2, -0.15) is 21.6 Å². The van der Waals surface area contributed by atoms with Crippen LogP contribution in [0.1, 0.15) is 25.3 Å². The number of aromatic nitrogens is 2. The van der Waals surface area contributed by atoms with E-state index in [-0.39, 0.29) is 24.2 Å². The Hall–Kier alpha value is -1.42. The van der Waals surface area contributed by atoms with Gasteiger partial charge in [0.25, 0.3) is 10.1 Å². The highest BCUT2D eigenvalue weighted by Gasteiger charge is 2.32. The summed E-state index contributed by atoms with van der Waals surface area (Å²) in [6.45, 7) is 2.74. The summed E-state index contributed by atoms with van der Waals surface area (Å²) in [5.74, 6) is 0.284. The van der Waals surface area contributed by atoms with Crippen molar-refractivity contribution in [3.05, 3.63) is 18.0 Å². The maximum atomic E-state index is 12.5. The van der Waals surface area contributed by atoms with E-state index in [1.54, 1.807) is 4.90 Å². The predicted octanol–water partition coefficient (Wildman–Crippen LogP) is 2.08. The minimum absolute atomic E-state index is 0.0642. The summed E-state index contributed by atoms with van der Waals surface area (Å²) in [6.07, 6.45) is -1.57. The van der Waals surface area contributed by atoms with Crippen LogP contribution >= 0.6 is 0 Å². The van der Waals surface area contributed by atoms with Crippen molar-refractivity contribution in [2.75, 3.05) is 30.3 Å². The second kappa shape index (κ2) is 7.00. The average molecular weight is 353 g/mol. The molecule has 0 bridgehead atoms. The SMILES string of the molecule is CCS(=O)(=O)OCC1CCN(c2ncc(C(F)(F)F)cn2)CC1. The van der Waals surface area contributed by atoms with E-state index in [0.717, 1.165) is 12.4 Å². The lowest BCUT2D eigenvalue weighted by molar-refractivity contribution is -0.138. The fourth-order valence-corrected chi connectivity index (χ4v) is 2.78. The first-order valence-corrected chi connectivity index (χ1v) is 8.80. The molecule has 2 rings (SSSR count). The van der Waals surface area contributed by atoms with Crippen LogP contribution in [0.25, 0.3) is 0 Å². The van der Waals surface area contributed by atoms with Crippen LogP contribution in [0.15, 0.2) is 12.4 Å². The zero-order valence-electron chi connectivity index (χ0n) is 12.6.